The van der Waals surface area contributed by atoms with E-state index >= 15 is 0 Å². The average molecular weight is 236 g/mol. The van der Waals surface area contributed by atoms with Gasteiger partial charge in [-0.2, -0.15) is 0 Å². The average Bonchev–Trinajstić information content (AvgIpc) is 2.74. The van der Waals surface area contributed by atoms with Crippen molar-refractivity contribution in [1.82, 2.24) is 14.9 Å². The number of hydrogen-bond acceptors (Lipinski definition) is 5. The van der Waals surface area contributed by atoms with Crippen molar-refractivity contribution in [2.24, 2.45) is 0 Å². The fraction of sp³-hybridized carbons (Fsp3) is 0.636. The molecule has 2 aliphatic heterocycles. The van der Waals surface area contributed by atoms with Gasteiger partial charge in [0.2, 0.25) is 0 Å². The van der Waals surface area contributed by atoms with Crippen molar-refractivity contribution >= 4 is 5.82 Å². The SMILES string of the molecule is Nc1cc(=O)[nH]c(C2CN3CCCC3CO2)n1. The van der Waals surface area contributed by atoms with E-state index < -0.39 is 0 Å². The lowest BCUT2D eigenvalue weighted by atomic mass is 10.2. The van der Waals surface area contributed by atoms with Crippen LogP contribution >= 0.6 is 0 Å². The third-order valence-electron chi connectivity index (χ3n) is 3.47. The fourth-order valence-electron chi connectivity index (χ4n) is 2.63. The van der Waals surface area contributed by atoms with Crippen molar-refractivity contribution in [2.45, 2.75) is 25.0 Å². The van der Waals surface area contributed by atoms with Gasteiger partial charge in [0.05, 0.1) is 6.61 Å². The molecule has 3 heterocycles. The summed E-state index contributed by atoms with van der Waals surface area (Å²) in [5.41, 5.74) is 5.35. The molecule has 0 aliphatic carbocycles. The molecule has 3 N–H and O–H groups in total. The van der Waals surface area contributed by atoms with Crippen LogP contribution in [0, 0.1) is 0 Å². The Kier molecular flexibility index (Phi) is 2.60. The summed E-state index contributed by atoms with van der Waals surface area (Å²) in [5.74, 6) is 0.788. The predicted molar refractivity (Wildman–Crippen MR) is 62.6 cm³/mol. The van der Waals surface area contributed by atoms with Gasteiger partial charge in [-0.25, -0.2) is 4.98 Å². The first-order valence-electron chi connectivity index (χ1n) is 5.95. The van der Waals surface area contributed by atoms with Gasteiger partial charge in [-0.15, -0.1) is 0 Å². The zero-order valence-electron chi connectivity index (χ0n) is 9.56. The lowest BCUT2D eigenvalue weighted by Gasteiger charge is -2.34. The molecule has 1 aromatic rings. The molecule has 2 fully saturated rings. The van der Waals surface area contributed by atoms with Gasteiger partial charge >= 0.3 is 0 Å². The van der Waals surface area contributed by atoms with Gasteiger partial charge in [0, 0.05) is 18.7 Å². The number of anilines is 1. The minimum atomic E-state index is -0.223. The topological polar surface area (TPSA) is 84.2 Å². The van der Waals surface area contributed by atoms with E-state index in [-0.39, 0.29) is 17.5 Å². The van der Waals surface area contributed by atoms with E-state index in [2.05, 4.69) is 14.9 Å². The molecular formula is C11H16N4O2. The van der Waals surface area contributed by atoms with Gasteiger partial charge in [-0.1, -0.05) is 0 Å². The molecule has 0 bridgehead atoms. The highest BCUT2D eigenvalue weighted by atomic mass is 16.5. The Balaban J connectivity index is 1.82. The number of ether oxygens (including phenoxy) is 1. The van der Waals surface area contributed by atoms with E-state index in [0.29, 0.717) is 18.5 Å². The van der Waals surface area contributed by atoms with Crippen LogP contribution in [0.3, 0.4) is 0 Å². The summed E-state index contributed by atoms with van der Waals surface area (Å²) in [6.07, 6.45) is 2.26. The maximum atomic E-state index is 11.3. The zero-order chi connectivity index (χ0) is 11.8. The highest BCUT2D eigenvalue weighted by molar-refractivity contribution is 5.25. The number of hydrogen-bond donors (Lipinski definition) is 2. The molecule has 17 heavy (non-hydrogen) atoms. The van der Waals surface area contributed by atoms with Crippen LogP contribution in [0.2, 0.25) is 0 Å². The number of nitrogen functional groups attached to an aromatic ring is 1. The van der Waals surface area contributed by atoms with Crippen molar-refractivity contribution < 1.29 is 4.74 Å². The van der Waals surface area contributed by atoms with Crippen LogP contribution in [0.4, 0.5) is 5.82 Å². The monoisotopic (exact) mass is 236 g/mol. The van der Waals surface area contributed by atoms with Crippen LogP contribution in [0.5, 0.6) is 0 Å². The number of aromatic nitrogens is 2. The summed E-state index contributed by atoms with van der Waals surface area (Å²) in [4.78, 5) is 20.6. The van der Waals surface area contributed by atoms with Crippen LogP contribution in [0.15, 0.2) is 10.9 Å². The Bertz CT molecular complexity index is 473. The van der Waals surface area contributed by atoms with Crippen LogP contribution in [0.1, 0.15) is 24.8 Å². The molecule has 0 amide bonds. The van der Waals surface area contributed by atoms with Crippen LogP contribution in [-0.4, -0.2) is 40.6 Å². The summed E-state index contributed by atoms with van der Waals surface area (Å²) in [6, 6.07) is 1.82. The van der Waals surface area contributed by atoms with Crippen molar-refractivity contribution in [1.29, 1.82) is 0 Å². The maximum absolute atomic E-state index is 11.3. The minimum Gasteiger partial charge on any atom is -0.383 e. The number of H-pyrrole nitrogens is 1. The van der Waals surface area contributed by atoms with Crippen molar-refractivity contribution in [3.05, 3.63) is 22.2 Å². The lowest BCUT2D eigenvalue weighted by molar-refractivity contribution is -0.0541. The second-order valence-corrected chi connectivity index (χ2v) is 4.67. The Labute approximate surface area is 98.8 Å². The summed E-state index contributed by atoms with van der Waals surface area (Å²) < 4.78 is 5.76. The van der Waals surface area contributed by atoms with E-state index in [1.165, 1.54) is 18.9 Å². The molecule has 0 radical (unpaired) electrons. The first kappa shape index (κ1) is 10.7. The van der Waals surface area contributed by atoms with E-state index in [0.717, 1.165) is 13.1 Å². The van der Waals surface area contributed by atoms with Gasteiger partial charge in [-0.3, -0.25) is 9.69 Å². The van der Waals surface area contributed by atoms with Gasteiger partial charge < -0.3 is 15.5 Å². The molecule has 92 valence electrons. The van der Waals surface area contributed by atoms with E-state index in [9.17, 15) is 4.79 Å². The maximum Gasteiger partial charge on any atom is 0.253 e. The fourth-order valence-corrected chi connectivity index (χ4v) is 2.63. The number of nitrogens with zero attached hydrogens (tertiary/aromatic N) is 2. The van der Waals surface area contributed by atoms with Crippen molar-refractivity contribution in [2.75, 3.05) is 25.4 Å². The Morgan fingerprint density at radius 2 is 2.47 bits per heavy atom. The Morgan fingerprint density at radius 1 is 1.59 bits per heavy atom. The van der Waals surface area contributed by atoms with Crippen molar-refractivity contribution in [3.63, 3.8) is 0 Å². The molecular weight excluding hydrogens is 220 g/mol. The number of nitrogens with two attached hydrogens (primary N) is 1. The Morgan fingerprint density at radius 3 is 3.29 bits per heavy atom. The molecule has 1 aromatic heterocycles. The first-order valence-corrected chi connectivity index (χ1v) is 5.95. The largest absolute Gasteiger partial charge is 0.383 e. The zero-order valence-corrected chi connectivity index (χ0v) is 9.56. The Hall–Kier alpha value is -1.40. The molecule has 6 nitrogen and oxygen atoms in total. The summed E-state index contributed by atoms with van der Waals surface area (Å²) in [7, 11) is 0. The second-order valence-electron chi connectivity index (χ2n) is 4.67. The first-order chi connectivity index (χ1) is 8.22. The number of aromatic amines is 1. The molecule has 3 rings (SSSR count). The molecule has 0 saturated carbocycles. The number of rotatable bonds is 1. The van der Waals surface area contributed by atoms with E-state index in [1.54, 1.807) is 0 Å². The standard InChI is InChI=1S/C11H16N4O2/c12-9-4-10(16)14-11(13-9)8-5-15-3-1-2-7(15)6-17-8/h4,7-8H,1-3,5-6H2,(H3,12,13,14,16). The third-order valence-corrected chi connectivity index (χ3v) is 3.47. The highest BCUT2D eigenvalue weighted by Gasteiger charge is 2.33. The molecule has 2 unspecified atom stereocenters. The smallest absolute Gasteiger partial charge is 0.253 e. The predicted octanol–water partition coefficient (Wildman–Crippen LogP) is -0.112. The van der Waals surface area contributed by atoms with Gasteiger partial charge in [0.1, 0.15) is 17.7 Å². The van der Waals surface area contributed by atoms with Gasteiger partial charge in [0.15, 0.2) is 0 Å². The molecule has 6 heteroatoms. The van der Waals surface area contributed by atoms with Crippen LogP contribution < -0.4 is 11.3 Å². The normalized spacial score (nSPS) is 29.2. The summed E-state index contributed by atoms with van der Waals surface area (Å²) >= 11 is 0. The second kappa shape index (κ2) is 4.12. The third kappa shape index (κ3) is 2.05. The molecule has 0 spiro atoms. The highest BCUT2D eigenvalue weighted by Crippen LogP contribution is 2.28. The summed E-state index contributed by atoms with van der Waals surface area (Å²) in [5, 5.41) is 0. The van der Waals surface area contributed by atoms with Crippen LogP contribution in [0.25, 0.3) is 0 Å². The van der Waals surface area contributed by atoms with Gasteiger partial charge in [-0.05, 0) is 19.4 Å². The van der Waals surface area contributed by atoms with E-state index in [1.807, 2.05) is 0 Å². The molecule has 2 aliphatic rings. The lowest BCUT2D eigenvalue weighted by Crippen LogP contribution is -2.43. The summed E-state index contributed by atoms with van der Waals surface area (Å²) in [6.45, 7) is 2.61. The number of morpholine rings is 1. The van der Waals surface area contributed by atoms with E-state index in [4.69, 9.17) is 10.5 Å². The van der Waals surface area contributed by atoms with Crippen LogP contribution in [-0.2, 0) is 4.74 Å². The quantitative estimate of drug-likeness (QED) is 0.710. The van der Waals surface area contributed by atoms with Crippen molar-refractivity contribution in [3.8, 4) is 0 Å². The van der Waals surface area contributed by atoms with Gasteiger partial charge in [0.25, 0.3) is 5.56 Å². The molecule has 2 saturated heterocycles. The number of fused-ring (bicyclic) bond motifs is 1. The number of nitrogens with one attached hydrogen (secondary N) is 1. The minimum absolute atomic E-state index is 0.166. The molecule has 0 aromatic carbocycles. The molecule has 2 atom stereocenters.